The van der Waals surface area contributed by atoms with E-state index in [0.717, 1.165) is 36.5 Å². The summed E-state index contributed by atoms with van der Waals surface area (Å²) in [5.74, 6) is -0.530. The van der Waals surface area contributed by atoms with Gasteiger partial charge in [0.05, 0.1) is 0 Å². The van der Waals surface area contributed by atoms with E-state index in [1.165, 1.54) is 2.37 Å². The second kappa shape index (κ2) is 5.87. The second-order valence-electron chi connectivity index (χ2n) is 5.10. The van der Waals surface area contributed by atoms with Gasteiger partial charge in [-0.25, -0.2) is 0 Å². The van der Waals surface area contributed by atoms with Crippen LogP contribution in [0.3, 0.4) is 0 Å². The molecule has 0 amide bonds. The SMILES string of the molecule is NC[C@@H]1c2c[c]([Y])ccc2Oc2ccccc2[C@H]1C(=O)O. The number of carboxylic acids is 1. The third-order valence-corrected chi connectivity index (χ3v) is 4.71. The monoisotopic (exact) mass is 357 g/mol. The summed E-state index contributed by atoms with van der Waals surface area (Å²) in [4.78, 5) is 11.8. The molecule has 1 heterocycles. The molecule has 2 atom stereocenters. The van der Waals surface area contributed by atoms with Crippen LogP contribution in [0, 0.1) is 0 Å². The summed E-state index contributed by atoms with van der Waals surface area (Å²) >= 11 is 0.971. The molecule has 3 N–H and O–H groups in total. The molecule has 21 heavy (non-hydrogen) atoms. The quantitative estimate of drug-likeness (QED) is 0.861. The first kappa shape index (κ1) is 14.7. The fraction of sp³-hybridized carbons (Fsp3) is 0.188. The van der Waals surface area contributed by atoms with E-state index in [2.05, 4.69) is 0 Å². The van der Waals surface area contributed by atoms with Crippen molar-refractivity contribution in [1.29, 1.82) is 0 Å². The average Bonchev–Trinajstić information content (AvgIpc) is 2.60. The molecule has 1 aliphatic heterocycles. The van der Waals surface area contributed by atoms with Crippen LogP contribution in [-0.2, 0) is 35.7 Å². The Kier molecular flexibility index (Phi) is 4.11. The summed E-state index contributed by atoms with van der Waals surface area (Å²) in [6.45, 7) is 0.270. The van der Waals surface area contributed by atoms with Crippen LogP contribution in [0.25, 0.3) is 0 Å². The molecule has 0 aromatic heterocycles. The number of hydrogen-bond acceptors (Lipinski definition) is 3. The van der Waals surface area contributed by atoms with Crippen LogP contribution in [0.4, 0.5) is 0 Å². The van der Waals surface area contributed by atoms with Crippen LogP contribution in [-0.4, -0.2) is 17.6 Å². The molecule has 5 heteroatoms. The summed E-state index contributed by atoms with van der Waals surface area (Å²) in [6.07, 6.45) is 0. The molecule has 104 valence electrons. The molecule has 0 aliphatic carbocycles. The Hall–Kier alpha value is -1.23. The first-order valence-electron chi connectivity index (χ1n) is 6.71. The normalized spacial score (nSPS) is 19.8. The topological polar surface area (TPSA) is 72.5 Å². The number of para-hydroxylation sites is 1. The number of carbonyl (C=O) groups is 1. The van der Waals surface area contributed by atoms with Gasteiger partial charge >= 0.3 is 143 Å². The standard InChI is InChI=1S/C16H14NO3.Y/c17-9-12-10-5-1-3-7-13(10)20-14-8-4-2-6-11(14)15(12)16(18)19;/h2-8,12,15H,9,17H2,(H,18,19);/t12-,15-;/m1./s1. The molecule has 0 bridgehead atoms. The van der Waals surface area contributed by atoms with Crippen molar-refractivity contribution in [1.82, 2.24) is 0 Å². The number of aliphatic carboxylic acids is 1. The number of hydrogen-bond donors (Lipinski definition) is 2. The maximum absolute atomic E-state index is 11.8. The molecule has 2 aromatic carbocycles. The van der Waals surface area contributed by atoms with Crippen molar-refractivity contribution in [2.75, 3.05) is 6.54 Å². The van der Waals surface area contributed by atoms with Crippen LogP contribution in [0.2, 0.25) is 0 Å². The van der Waals surface area contributed by atoms with Gasteiger partial charge in [-0.05, 0) is 0 Å². The molecule has 3 rings (SSSR count). The Balaban J connectivity index is 2.26. The van der Waals surface area contributed by atoms with E-state index in [1.807, 2.05) is 42.5 Å². The number of carboxylic acid groups (broad SMARTS) is 1. The summed E-state index contributed by atoms with van der Waals surface area (Å²) in [5.41, 5.74) is 7.50. The van der Waals surface area contributed by atoms with Gasteiger partial charge in [0.15, 0.2) is 0 Å². The van der Waals surface area contributed by atoms with Gasteiger partial charge in [-0.15, -0.1) is 0 Å². The molecule has 1 aliphatic rings. The van der Waals surface area contributed by atoms with Crippen molar-refractivity contribution in [2.24, 2.45) is 5.73 Å². The van der Waals surface area contributed by atoms with Gasteiger partial charge in [0.25, 0.3) is 0 Å². The Morgan fingerprint density at radius 3 is 2.62 bits per heavy atom. The van der Waals surface area contributed by atoms with Crippen LogP contribution in [0.5, 0.6) is 11.5 Å². The number of nitrogens with two attached hydrogens (primary N) is 1. The number of fused-ring (bicyclic) bond motifs is 2. The maximum atomic E-state index is 11.8. The molecule has 4 nitrogen and oxygen atoms in total. The molecular formula is C16H14NO3Y. The number of benzene rings is 2. The second-order valence-corrected chi connectivity index (χ2v) is 6.73. The third kappa shape index (κ3) is 2.63. The fourth-order valence-electron chi connectivity index (χ4n) is 2.86. The summed E-state index contributed by atoms with van der Waals surface area (Å²) < 4.78 is 7.16. The Bertz CT molecular complexity index is 702. The van der Waals surface area contributed by atoms with Gasteiger partial charge in [-0.3, -0.25) is 0 Å². The van der Waals surface area contributed by atoms with E-state index < -0.39 is 11.9 Å². The Morgan fingerprint density at radius 1 is 1.19 bits per heavy atom. The summed E-state index contributed by atoms with van der Waals surface area (Å²) in [6, 6.07) is 13.3. The Morgan fingerprint density at radius 2 is 1.90 bits per heavy atom. The van der Waals surface area contributed by atoms with Crippen molar-refractivity contribution in [3.8, 4) is 11.5 Å². The van der Waals surface area contributed by atoms with Gasteiger partial charge in [0.1, 0.15) is 0 Å². The molecule has 0 saturated heterocycles. The zero-order valence-corrected chi connectivity index (χ0v) is 14.2. The van der Waals surface area contributed by atoms with Crippen LogP contribution >= 0.6 is 0 Å². The van der Waals surface area contributed by atoms with Crippen LogP contribution in [0.15, 0.2) is 42.5 Å². The summed E-state index contributed by atoms with van der Waals surface area (Å²) in [7, 11) is 0. The molecule has 0 unspecified atom stereocenters. The van der Waals surface area contributed by atoms with Crippen molar-refractivity contribution in [3.63, 3.8) is 0 Å². The van der Waals surface area contributed by atoms with Gasteiger partial charge in [0.2, 0.25) is 0 Å². The first-order chi connectivity index (χ1) is 10.1. The molecule has 0 saturated carbocycles. The van der Waals surface area contributed by atoms with Crippen molar-refractivity contribution < 1.29 is 45.6 Å². The summed E-state index contributed by atoms with van der Waals surface area (Å²) in [5, 5.41) is 9.70. The van der Waals surface area contributed by atoms with Gasteiger partial charge in [0, 0.05) is 0 Å². The molecule has 0 spiro atoms. The van der Waals surface area contributed by atoms with Gasteiger partial charge in [-0.2, -0.15) is 0 Å². The van der Waals surface area contributed by atoms with Crippen molar-refractivity contribution in [3.05, 3.63) is 53.6 Å². The third-order valence-electron chi connectivity index (χ3n) is 3.83. The Labute approximate surface area is 142 Å². The average molecular weight is 357 g/mol. The van der Waals surface area contributed by atoms with E-state index >= 15 is 0 Å². The minimum absolute atomic E-state index is 0.270. The number of ether oxygens (including phenoxy) is 1. The zero-order valence-electron chi connectivity index (χ0n) is 11.3. The van der Waals surface area contributed by atoms with Crippen LogP contribution < -0.4 is 12.8 Å². The van der Waals surface area contributed by atoms with E-state index in [1.54, 1.807) is 0 Å². The van der Waals surface area contributed by atoms with E-state index in [0.29, 0.717) is 17.1 Å². The van der Waals surface area contributed by atoms with E-state index in [4.69, 9.17) is 10.5 Å². The van der Waals surface area contributed by atoms with Crippen LogP contribution in [0.1, 0.15) is 23.0 Å². The van der Waals surface area contributed by atoms with Crippen molar-refractivity contribution in [2.45, 2.75) is 11.8 Å². The van der Waals surface area contributed by atoms with Crippen molar-refractivity contribution >= 4 is 8.34 Å². The predicted molar refractivity (Wildman–Crippen MR) is 74.8 cm³/mol. The van der Waals surface area contributed by atoms with Gasteiger partial charge in [-0.1, -0.05) is 0 Å². The van der Waals surface area contributed by atoms with Gasteiger partial charge < -0.3 is 0 Å². The molecular weight excluding hydrogens is 343 g/mol. The minimum atomic E-state index is -0.868. The van der Waals surface area contributed by atoms with E-state index in [-0.39, 0.29) is 12.5 Å². The molecule has 0 radical (unpaired) electrons. The van der Waals surface area contributed by atoms with E-state index in [9.17, 15) is 9.90 Å². The fourth-order valence-corrected chi connectivity index (χ4v) is 3.54. The first-order valence-corrected chi connectivity index (χ1v) is 8.13. The molecule has 0 fully saturated rings. The zero-order chi connectivity index (χ0) is 15.0. The predicted octanol–water partition coefficient (Wildman–Crippen LogP) is 1.88. The molecule has 2 aromatic rings. The number of rotatable bonds is 2.